The molecule has 0 heterocycles. The first-order chi connectivity index (χ1) is 6.58. The van der Waals surface area contributed by atoms with Crippen LogP contribution in [0.25, 0.3) is 0 Å². The van der Waals surface area contributed by atoms with Gasteiger partial charge in [-0.25, -0.2) is 0 Å². The van der Waals surface area contributed by atoms with E-state index in [1.54, 1.807) is 0 Å². The molecule has 0 saturated carbocycles. The van der Waals surface area contributed by atoms with Gasteiger partial charge in [-0.3, -0.25) is 4.57 Å². The number of rotatable bonds is 8. The largest absolute Gasteiger partial charge is 0.314 e. The lowest BCUT2D eigenvalue weighted by molar-refractivity contribution is 0.357. The Morgan fingerprint density at radius 2 is 2.14 bits per heavy atom. The molecule has 6 heteroatoms. The molecule has 0 aromatic carbocycles. The predicted molar refractivity (Wildman–Crippen MR) is 69.8 cm³/mol. The van der Waals surface area contributed by atoms with E-state index in [4.69, 9.17) is 16.1 Å². The fourth-order valence-corrected chi connectivity index (χ4v) is 9.12. The maximum absolute atomic E-state index is 12.2. The Morgan fingerprint density at radius 3 is 2.57 bits per heavy atom. The van der Waals surface area contributed by atoms with Crippen molar-refractivity contribution in [1.82, 2.24) is 0 Å². The highest BCUT2D eigenvalue weighted by atomic mass is 35.5. The molecular weight excluding hydrogens is 259 g/mol. The van der Waals surface area contributed by atoms with Gasteiger partial charge in [0.15, 0.2) is 0 Å². The second kappa shape index (κ2) is 8.35. The van der Waals surface area contributed by atoms with Gasteiger partial charge in [-0.2, -0.15) is 0 Å². The molecule has 2 nitrogen and oxygen atoms in total. The van der Waals surface area contributed by atoms with Gasteiger partial charge in [0.25, 0.3) is 0 Å². The SMILES string of the molecule is CCOP(=O)(SCCCl)SC(C)CC. The Bertz CT molecular complexity index is 192. The molecule has 0 aliphatic rings. The van der Waals surface area contributed by atoms with E-state index in [0.29, 0.717) is 23.5 Å². The molecule has 0 spiro atoms. The Hall–Kier alpha value is 1.18. The van der Waals surface area contributed by atoms with Crippen LogP contribution in [0.2, 0.25) is 0 Å². The van der Waals surface area contributed by atoms with Crippen molar-refractivity contribution >= 4 is 40.1 Å². The monoisotopic (exact) mass is 276 g/mol. The summed E-state index contributed by atoms with van der Waals surface area (Å²) >= 11 is 8.38. The van der Waals surface area contributed by atoms with Crippen molar-refractivity contribution in [1.29, 1.82) is 0 Å². The van der Waals surface area contributed by atoms with E-state index in [1.807, 2.05) is 6.92 Å². The van der Waals surface area contributed by atoms with Crippen molar-refractivity contribution in [3.8, 4) is 0 Å². The lowest BCUT2D eigenvalue weighted by atomic mass is 10.4. The topological polar surface area (TPSA) is 26.3 Å². The zero-order valence-corrected chi connectivity index (χ0v) is 12.1. The molecule has 0 aromatic rings. The molecule has 0 aliphatic carbocycles. The molecule has 0 amide bonds. The first kappa shape index (κ1) is 15.2. The highest BCUT2D eigenvalue weighted by Gasteiger charge is 2.26. The normalized spacial score (nSPS) is 17.7. The van der Waals surface area contributed by atoms with Gasteiger partial charge in [0.05, 0.1) is 6.61 Å². The van der Waals surface area contributed by atoms with Crippen LogP contribution in [0, 0.1) is 0 Å². The van der Waals surface area contributed by atoms with Gasteiger partial charge in [-0.15, -0.1) is 11.6 Å². The van der Waals surface area contributed by atoms with E-state index in [-0.39, 0.29) is 0 Å². The van der Waals surface area contributed by atoms with Crippen LogP contribution >= 0.6 is 40.1 Å². The van der Waals surface area contributed by atoms with Crippen molar-refractivity contribution in [3.05, 3.63) is 0 Å². The van der Waals surface area contributed by atoms with Crippen LogP contribution in [0.1, 0.15) is 27.2 Å². The van der Waals surface area contributed by atoms with Gasteiger partial charge in [-0.1, -0.05) is 36.6 Å². The van der Waals surface area contributed by atoms with Crippen molar-refractivity contribution in [3.63, 3.8) is 0 Å². The van der Waals surface area contributed by atoms with Crippen LogP contribution in [0.4, 0.5) is 0 Å². The van der Waals surface area contributed by atoms with E-state index < -0.39 is 5.77 Å². The van der Waals surface area contributed by atoms with Crippen molar-refractivity contribution in [2.24, 2.45) is 0 Å². The fraction of sp³-hybridized carbons (Fsp3) is 1.00. The standard InChI is InChI=1S/C8H18ClO2PS2/c1-4-8(3)14-12(10,11-5-2)13-7-6-9/h8H,4-7H2,1-3H3. The summed E-state index contributed by atoms with van der Waals surface area (Å²) in [6.45, 7) is 6.51. The summed E-state index contributed by atoms with van der Waals surface area (Å²) in [5, 5.41) is 0.371. The predicted octanol–water partition coefficient (Wildman–Crippen LogP) is 4.63. The summed E-state index contributed by atoms with van der Waals surface area (Å²) in [4.78, 5) is 0. The minimum absolute atomic E-state index is 0.371. The summed E-state index contributed by atoms with van der Waals surface area (Å²) in [6, 6.07) is 0. The van der Waals surface area contributed by atoms with E-state index in [1.165, 1.54) is 22.8 Å². The maximum atomic E-state index is 12.2. The molecular formula is C8H18ClO2PS2. The molecule has 0 rings (SSSR count). The van der Waals surface area contributed by atoms with E-state index >= 15 is 0 Å². The number of alkyl halides is 1. The van der Waals surface area contributed by atoms with Gasteiger partial charge in [-0.05, 0) is 13.3 Å². The van der Waals surface area contributed by atoms with Gasteiger partial charge in [0.1, 0.15) is 0 Å². The maximum Gasteiger partial charge on any atom is 0.313 e. The lowest BCUT2D eigenvalue weighted by Gasteiger charge is -2.18. The zero-order valence-electron chi connectivity index (χ0n) is 8.86. The highest BCUT2D eigenvalue weighted by molar-refractivity contribution is 8.89. The van der Waals surface area contributed by atoms with Crippen LogP contribution in [0.5, 0.6) is 0 Å². The highest BCUT2D eigenvalue weighted by Crippen LogP contribution is 2.71. The van der Waals surface area contributed by atoms with Crippen LogP contribution in [0.15, 0.2) is 0 Å². The first-order valence-corrected chi connectivity index (χ1v) is 9.95. The second-order valence-corrected chi connectivity index (χ2v) is 10.9. The lowest BCUT2D eigenvalue weighted by Crippen LogP contribution is -1.94. The van der Waals surface area contributed by atoms with Gasteiger partial charge >= 0.3 is 5.77 Å². The molecule has 0 radical (unpaired) electrons. The minimum atomic E-state index is -2.56. The summed E-state index contributed by atoms with van der Waals surface area (Å²) < 4.78 is 17.5. The summed E-state index contributed by atoms with van der Waals surface area (Å²) in [5.41, 5.74) is 0. The first-order valence-electron chi connectivity index (χ1n) is 4.71. The molecule has 0 saturated heterocycles. The van der Waals surface area contributed by atoms with Crippen molar-refractivity contribution < 1.29 is 9.09 Å². The van der Waals surface area contributed by atoms with Crippen molar-refractivity contribution in [2.75, 3.05) is 18.2 Å². The van der Waals surface area contributed by atoms with E-state index in [0.717, 1.165) is 6.42 Å². The molecule has 0 N–H and O–H groups in total. The summed E-state index contributed by atoms with van der Waals surface area (Å²) in [5.74, 6) is -1.36. The van der Waals surface area contributed by atoms with Gasteiger partial charge in [0.2, 0.25) is 0 Å². The van der Waals surface area contributed by atoms with Crippen LogP contribution in [-0.4, -0.2) is 23.5 Å². The molecule has 0 aliphatic heterocycles. The van der Waals surface area contributed by atoms with Crippen molar-refractivity contribution in [2.45, 2.75) is 32.4 Å². The number of halogens is 1. The van der Waals surface area contributed by atoms with E-state index in [9.17, 15) is 4.57 Å². The van der Waals surface area contributed by atoms with Gasteiger partial charge < -0.3 is 4.52 Å². The average molecular weight is 277 g/mol. The third kappa shape index (κ3) is 6.62. The zero-order chi connectivity index (χ0) is 11.0. The molecule has 0 aromatic heterocycles. The van der Waals surface area contributed by atoms with Crippen LogP contribution < -0.4 is 0 Å². The summed E-state index contributed by atoms with van der Waals surface area (Å²) in [7, 11) is 0. The molecule has 14 heavy (non-hydrogen) atoms. The fourth-order valence-electron chi connectivity index (χ4n) is 0.697. The van der Waals surface area contributed by atoms with Crippen LogP contribution in [-0.2, 0) is 9.09 Å². The third-order valence-electron chi connectivity index (χ3n) is 1.50. The average Bonchev–Trinajstić information content (AvgIpc) is 2.15. The second-order valence-electron chi connectivity index (χ2n) is 2.71. The Kier molecular flexibility index (Phi) is 9.05. The van der Waals surface area contributed by atoms with Gasteiger partial charge in [0, 0.05) is 16.9 Å². The quantitative estimate of drug-likeness (QED) is 0.477. The van der Waals surface area contributed by atoms with Crippen LogP contribution in [0.3, 0.4) is 0 Å². The third-order valence-corrected chi connectivity index (χ3v) is 9.85. The Labute approximate surface area is 99.8 Å². The molecule has 0 fully saturated rings. The number of hydrogen-bond donors (Lipinski definition) is 0. The molecule has 2 atom stereocenters. The Balaban J connectivity index is 4.16. The molecule has 0 bridgehead atoms. The smallest absolute Gasteiger partial charge is 0.313 e. The number of hydrogen-bond acceptors (Lipinski definition) is 4. The minimum Gasteiger partial charge on any atom is -0.314 e. The van der Waals surface area contributed by atoms with E-state index in [2.05, 4.69) is 13.8 Å². The molecule has 86 valence electrons. The Morgan fingerprint density at radius 1 is 1.50 bits per heavy atom. The summed E-state index contributed by atoms with van der Waals surface area (Å²) in [6.07, 6.45) is 1.00. The molecule has 2 unspecified atom stereocenters.